The summed E-state index contributed by atoms with van der Waals surface area (Å²) in [5.74, 6) is -1.70. The maximum absolute atomic E-state index is 13.6. The third kappa shape index (κ3) is 2.84. The first kappa shape index (κ1) is 12.9. The summed E-state index contributed by atoms with van der Waals surface area (Å²) in [6, 6.07) is 2.32. The second kappa shape index (κ2) is 5.42. The largest absolute Gasteiger partial charge is 0.388 e. The quantitative estimate of drug-likeness (QED) is 0.909. The second-order valence-corrected chi connectivity index (χ2v) is 5.12. The van der Waals surface area contributed by atoms with Crippen LogP contribution in [0.3, 0.4) is 0 Å². The zero-order valence-electron chi connectivity index (χ0n) is 9.13. The Morgan fingerprint density at radius 1 is 1.35 bits per heavy atom. The zero-order valence-corrected chi connectivity index (χ0v) is 10.7. The van der Waals surface area contributed by atoms with Crippen LogP contribution in [0.4, 0.5) is 8.78 Å². The molecular formula is C12H13BrF2O2. The van der Waals surface area contributed by atoms with Crippen molar-refractivity contribution < 1.29 is 18.6 Å². The van der Waals surface area contributed by atoms with Crippen LogP contribution in [0, 0.1) is 17.6 Å². The van der Waals surface area contributed by atoms with Crippen LogP contribution in [0.25, 0.3) is 0 Å². The molecule has 2 atom stereocenters. The minimum atomic E-state index is -1.15. The summed E-state index contributed by atoms with van der Waals surface area (Å²) in [6.07, 6.45) is 0.376. The lowest BCUT2D eigenvalue weighted by atomic mass is 9.90. The molecule has 2 unspecified atom stereocenters. The van der Waals surface area contributed by atoms with Crippen molar-refractivity contribution in [3.8, 4) is 0 Å². The Bertz CT molecular complexity index is 382. The summed E-state index contributed by atoms with van der Waals surface area (Å²) >= 11 is 3.01. The summed E-state index contributed by atoms with van der Waals surface area (Å²) in [5, 5.41) is 10.0. The van der Waals surface area contributed by atoms with Gasteiger partial charge in [-0.2, -0.15) is 0 Å². The Labute approximate surface area is 107 Å². The van der Waals surface area contributed by atoms with E-state index in [9.17, 15) is 13.9 Å². The predicted molar refractivity (Wildman–Crippen MR) is 62.6 cm³/mol. The van der Waals surface area contributed by atoms with Crippen molar-refractivity contribution in [2.75, 3.05) is 13.2 Å². The van der Waals surface area contributed by atoms with Gasteiger partial charge >= 0.3 is 0 Å². The number of rotatable bonds is 2. The van der Waals surface area contributed by atoms with Gasteiger partial charge in [-0.15, -0.1) is 0 Å². The number of benzene rings is 1. The number of hydrogen-bond acceptors (Lipinski definition) is 2. The monoisotopic (exact) mass is 306 g/mol. The molecule has 17 heavy (non-hydrogen) atoms. The van der Waals surface area contributed by atoms with Crippen LogP contribution in [0.5, 0.6) is 0 Å². The van der Waals surface area contributed by atoms with Gasteiger partial charge in [0.1, 0.15) is 11.6 Å². The summed E-state index contributed by atoms with van der Waals surface area (Å²) in [6.45, 7) is 0.991. The van der Waals surface area contributed by atoms with Crippen molar-refractivity contribution in [3.05, 3.63) is 33.8 Å². The molecule has 2 rings (SSSR count). The highest BCUT2D eigenvalue weighted by molar-refractivity contribution is 9.10. The van der Waals surface area contributed by atoms with E-state index in [2.05, 4.69) is 15.9 Å². The van der Waals surface area contributed by atoms with Gasteiger partial charge in [-0.3, -0.25) is 0 Å². The van der Waals surface area contributed by atoms with Crippen LogP contribution in [-0.2, 0) is 4.74 Å². The average molecular weight is 307 g/mol. The molecule has 1 aromatic rings. The van der Waals surface area contributed by atoms with Crippen molar-refractivity contribution >= 4 is 15.9 Å². The molecule has 0 aliphatic carbocycles. The molecule has 0 saturated carbocycles. The van der Waals surface area contributed by atoms with E-state index < -0.39 is 17.7 Å². The highest BCUT2D eigenvalue weighted by Gasteiger charge is 2.28. The van der Waals surface area contributed by atoms with Gasteiger partial charge in [0.15, 0.2) is 0 Å². The minimum Gasteiger partial charge on any atom is -0.388 e. The smallest absolute Gasteiger partial charge is 0.133 e. The van der Waals surface area contributed by atoms with Gasteiger partial charge in [0, 0.05) is 17.0 Å². The average Bonchev–Trinajstić information content (AvgIpc) is 2.28. The van der Waals surface area contributed by atoms with Crippen LogP contribution < -0.4 is 0 Å². The molecule has 1 aromatic carbocycles. The zero-order chi connectivity index (χ0) is 12.4. The van der Waals surface area contributed by atoms with Crippen molar-refractivity contribution in [1.29, 1.82) is 0 Å². The van der Waals surface area contributed by atoms with E-state index in [1.165, 1.54) is 0 Å². The molecule has 1 heterocycles. The van der Waals surface area contributed by atoms with Gasteiger partial charge in [0.05, 0.1) is 18.3 Å². The SMILES string of the molecule is OC(c1c(F)cc(Br)cc1F)C1CCCOC1. The third-order valence-corrected chi connectivity index (χ3v) is 3.44. The fourth-order valence-electron chi connectivity index (χ4n) is 2.09. The van der Waals surface area contributed by atoms with Crippen molar-refractivity contribution in [3.63, 3.8) is 0 Å². The van der Waals surface area contributed by atoms with E-state index in [-0.39, 0.29) is 11.5 Å². The van der Waals surface area contributed by atoms with Crippen LogP contribution in [0.15, 0.2) is 16.6 Å². The highest BCUT2D eigenvalue weighted by Crippen LogP contribution is 2.33. The first-order valence-corrected chi connectivity index (χ1v) is 6.29. The van der Waals surface area contributed by atoms with Crippen LogP contribution in [-0.4, -0.2) is 18.3 Å². The highest BCUT2D eigenvalue weighted by atomic mass is 79.9. The number of aliphatic hydroxyl groups is 1. The number of aliphatic hydroxyl groups excluding tert-OH is 1. The van der Waals surface area contributed by atoms with Crippen LogP contribution in [0.2, 0.25) is 0 Å². The molecule has 0 spiro atoms. The molecule has 1 aliphatic heterocycles. The molecule has 2 nitrogen and oxygen atoms in total. The maximum Gasteiger partial charge on any atom is 0.133 e. The molecule has 94 valence electrons. The van der Waals surface area contributed by atoms with Gasteiger partial charge < -0.3 is 9.84 Å². The Hall–Kier alpha value is -0.520. The second-order valence-electron chi connectivity index (χ2n) is 4.21. The first-order valence-electron chi connectivity index (χ1n) is 5.50. The fourth-order valence-corrected chi connectivity index (χ4v) is 2.49. The third-order valence-electron chi connectivity index (χ3n) is 2.98. The maximum atomic E-state index is 13.6. The van der Waals surface area contributed by atoms with Crippen LogP contribution >= 0.6 is 15.9 Å². The number of halogens is 3. The van der Waals surface area contributed by atoms with Crippen molar-refractivity contribution in [1.82, 2.24) is 0 Å². The molecule has 5 heteroatoms. The molecule has 1 N–H and O–H groups in total. The number of hydrogen-bond donors (Lipinski definition) is 1. The topological polar surface area (TPSA) is 29.5 Å². The molecule has 1 fully saturated rings. The molecular weight excluding hydrogens is 294 g/mol. The Morgan fingerprint density at radius 3 is 2.53 bits per heavy atom. The van der Waals surface area contributed by atoms with E-state index in [4.69, 9.17) is 4.74 Å². The van der Waals surface area contributed by atoms with E-state index in [0.717, 1.165) is 25.0 Å². The minimum absolute atomic E-state index is 0.242. The molecule has 0 bridgehead atoms. The van der Waals surface area contributed by atoms with E-state index in [0.29, 0.717) is 17.7 Å². The lowest BCUT2D eigenvalue weighted by Gasteiger charge is -2.27. The van der Waals surface area contributed by atoms with Crippen LogP contribution in [0.1, 0.15) is 24.5 Å². The van der Waals surface area contributed by atoms with Gasteiger partial charge in [0.2, 0.25) is 0 Å². The van der Waals surface area contributed by atoms with Gasteiger partial charge in [-0.1, -0.05) is 15.9 Å². The summed E-state index contributed by atoms with van der Waals surface area (Å²) < 4.78 is 32.8. The van der Waals surface area contributed by atoms with Crippen molar-refractivity contribution in [2.45, 2.75) is 18.9 Å². The summed E-state index contributed by atoms with van der Waals surface area (Å²) in [4.78, 5) is 0. The summed E-state index contributed by atoms with van der Waals surface area (Å²) in [7, 11) is 0. The molecule has 1 saturated heterocycles. The lowest BCUT2D eigenvalue weighted by molar-refractivity contribution is -0.0125. The van der Waals surface area contributed by atoms with E-state index >= 15 is 0 Å². The van der Waals surface area contributed by atoms with Gasteiger partial charge in [-0.25, -0.2) is 8.78 Å². The lowest BCUT2D eigenvalue weighted by Crippen LogP contribution is -2.25. The van der Waals surface area contributed by atoms with Gasteiger partial charge in [-0.05, 0) is 25.0 Å². The van der Waals surface area contributed by atoms with Gasteiger partial charge in [0.25, 0.3) is 0 Å². The molecule has 0 radical (unpaired) electrons. The van der Waals surface area contributed by atoms with Crippen molar-refractivity contribution in [2.24, 2.45) is 5.92 Å². The molecule has 0 amide bonds. The fraction of sp³-hybridized carbons (Fsp3) is 0.500. The Morgan fingerprint density at radius 2 is 2.00 bits per heavy atom. The summed E-state index contributed by atoms with van der Waals surface area (Å²) in [5.41, 5.74) is -0.260. The number of ether oxygens (including phenoxy) is 1. The molecule has 0 aromatic heterocycles. The normalized spacial score (nSPS) is 22.5. The standard InChI is InChI=1S/C12H13BrF2O2/c13-8-4-9(14)11(10(15)5-8)12(16)7-2-1-3-17-6-7/h4-5,7,12,16H,1-3,6H2. The molecule has 1 aliphatic rings. The predicted octanol–water partition coefficient (Wildman–Crippen LogP) is 3.19. The first-order chi connectivity index (χ1) is 8.09. The Kier molecular flexibility index (Phi) is 4.12. The van der Waals surface area contributed by atoms with E-state index in [1.54, 1.807) is 0 Å². The Balaban J connectivity index is 2.26. The van der Waals surface area contributed by atoms with E-state index in [1.807, 2.05) is 0 Å².